The van der Waals surface area contributed by atoms with Gasteiger partial charge in [-0.3, -0.25) is 14.4 Å². The second-order valence-electron chi connectivity index (χ2n) is 21.3. The first-order valence-corrected chi connectivity index (χ1v) is 31.9. The number of hydrogen-bond acceptors (Lipinski definition) is 11. The summed E-state index contributed by atoms with van der Waals surface area (Å²) in [5.41, 5.74) is 0. The molecule has 0 amide bonds. The number of unbranched alkanes of at least 4 members (excludes halogenated alkanes) is 21. The van der Waals surface area contributed by atoms with Gasteiger partial charge < -0.3 is 39.0 Å². The molecule has 1 aliphatic rings. The Bertz CT molecular complexity index is 1820. The molecule has 6 unspecified atom stereocenters. The van der Waals surface area contributed by atoms with Crippen LogP contribution in [0.3, 0.4) is 0 Å². The molecule has 3 N–H and O–H groups in total. The quantitative estimate of drug-likeness (QED) is 0.0228. The van der Waals surface area contributed by atoms with Crippen LogP contribution in [0.4, 0.5) is 0 Å². The summed E-state index contributed by atoms with van der Waals surface area (Å²) in [5.74, 6) is -3.25. The van der Waals surface area contributed by atoms with Gasteiger partial charge in [-0.15, -0.1) is 0 Å². The average molecular weight is 1130 g/mol. The van der Waals surface area contributed by atoms with E-state index in [4.69, 9.17) is 23.7 Å². The highest BCUT2D eigenvalue weighted by Crippen LogP contribution is 2.26. The molecular formula is C69H112O12. The highest BCUT2D eigenvalue weighted by Gasteiger charge is 2.50. The Labute approximate surface area is 491 Å². The SMILES string of the molecule is CC/C=C\C/C=C\C/C=C\C/C=C\C/C=C\C/C=C\CCC(=O)OCC(COC1OC(C(=O)O)C(O)C(O)C1OC(=O)CCCCCCCCCCCCCCCCCCC)OC(=O)CCCCCCC/C=C\C/C=C\C/C=C\CC. The van der Waals surface area contributed by atoms with E-state index in [-0.39, 0.29) is 25.9 Å². The van der Waals surface area contributed by atoms with Crippen LogP contribution in [0, 0.1) is 0 Å². The van der Waals surface area contributed by atoms with E-state index in [1.807, 2.05) is 12.2 Å². The lowest BCUT2D eigenvalue weighted by Crippen LogP contribution is -2.61. The number of carboxylic acid groups (broad SMARTS) is 1. The zero-order valence-electron chi connectivity index (χ0n) is 50.7. The van der Waals surface area contributed by atoms with Crippen LogP contribution in [0.25, 0.3) is 0 Å². The molecular weight excluding hydrogens is 1020 g/mol. The molecule has 6 atom stereocenters. The Morgan fingerprint density at radius 1 is 0.420 bits per heavy atom. The molecule has 0 aromatic heterocycles. The van der Waals surface area contributed by atoms with E-state index in [1.54, 1.807) is 0 Å². The van der Waals surface area contributed by atoms with E-state index in [0.717, 1.165) is 116 Å². The van der Waals surface area contributed by atoms with Crippen molar-refractivity contribution in [2.45, 2.75) is 289 Å². The molecule has 1 rings (SSSR count). The summed E-state index contributed by atoms with van der Waals surface area (Å²) >= 11 is 0. The molecule has 0 bridgehead atoms. The standard InChI is InChI=1S/C69H112O12/c1-4-7-10-13-16-19-22-25-28-30-31-33-35-37-40-43-46-49-52-55-61(70)77-58-60(79-62(71)56-53-50-47-44-41-38-34-27-24-21-18-15-12-9-6-3)59-78-69-67(65(74)64(73)66(81-69)68(75)76)80-63(72)57-54-51-48-45-42-39-36-32-29-26-23-20-17-14-11-8-5-2/h7,9-10,12,16,18-19,21,25,27-28,31,33-34,37,40,46,49,60,64-67,69,73-74H,4-6,8,11,13-15,17,20,22-24,26,29-30,32,35-36,38-39,41-45,47-48,50-59H2,1-3H3,(H,75,76)/b10-7-,12-9-,19-16-,21-18-,28-25-,33-31-,34-27-,40-37-,49-46-. The minimum atomic E-state index is -1.92. The Kier molecular flexibility index (Phi) is 51.3. The van der Waals surface area contributed by atoms with E-state index in [2.05, 4.69) is 118 Å². The summed E-state index contributed by atoms with van der Waals surface area (Å²) in [6.45, 7) is 5.71. The van der Waals surface area contributed by atoms with Gasteiger partial charge in [0.2, 0.25) is 0 Å². The number of rotatable bonds is 53. The third-order valence-electron chi connectivity index (χ3n) is 13.9. The number of allylic oxidation sites excluding steroid dienone is 18. The lowest BCUT2D eigenvalue weighted by atomic mass is 9.98. The number of hydrogen-bond donors (Lipinski definition) is 3. The molecule has 12 heteroatoms. The van der Waals surface area contributed by atoms with Gasteiger partial charge in [0.15, 0.2) is 24.6 Å². The topological polar surface area (TPSA) is 175 Å². The van der Waals surface area contributed by atoms with E-state index < -0.39 is 67.3 Å². The zero-order valence-corrected chi connectivity index (χ0v) is 50.7. The first-order valence-electron chi connectivity index (χ1n) is 31.9. The summed E-state index contributed by atoms with van der Waals surface area (Å²) < 4.78 is 28.4. The van der Waals surface area contributed by atoms with Gasteiger partial charge in [0.05, 0.1) is 6.61 Å². The highest BCUT2D eigenvalue weighted by atomic mass is 16.7. The van der Waals surface area contributed by atoms with Crippen molar-refractivity contribution < 1.29 is 58.2 Å². The molecule has 12 nitrogen and oxygen atoms in total. The first kappa shape index (κ1) is 74.4. The largest absolute Gasteiger partial charge is 0.479 e. The van der Waals surface area contributed by atoms with Gasteiger partial charge in [-0.05, 0) is 89.9 Å². The Morgan fingerprint density at radius 2 is 0.802 bits per heavy atom. The van der Waals surface area contributed by atoms with Gasteiger partial charge in [-0.2, -0.15) is 0 Å². The second-order valence-corrected chi connectivity index (χ2v) is 21.3. The van der Waals surface area contributed by atoms with Gasteiger partial charge in [0.1, 0.15) is 18.8 Å². The first-order chi connectivity index (χ1) is 39.6. The van der Waals surface area contributed by atoms with Crippen LogP contribution < -0.4 is 0 Å². The zero-order chi connectivity index (χ0) is 58.9. The maximum Gasteiger partial charge on any atom is 0.335 e. The molecule has 460 valence electrons. The Morgan fingerprint density at radius 3 is 1.23 bits per heavy atom. The monoisotopic (exact) mass is 1130 g/mol. The molecule has 1 aliphatic heterocycles. The van der Waals surface area contributed by atoms with Gasteiger partial charge in [0.25, 0.3) is 0 Å². The smallest absolute Gasteiger partial charge is 0.335 e. The molecule has 0 aromatic carbocycles. The number of aliphatic hydroxyl groups excluding tert-OH is 2. The number of aliphatic hydroxyl groups is 2. The van der Waals surface area contributed by atoms with E-state index in [9.17, 15) is 34.5 Å². The highest BCUT2D eigenvalue weighted by molar-refractivity contribution is 5.74. The molecule has 81 heavy (non-hydrogen) atoms. The van der Waals surface area contributed by atoms with Crippen molar-refractivity contribution in [1.29, 1.82) is 0 Å². The van der Waals surface area contributed by atoms with Crippen molar-refractivity contribution in [3.05, 3.63) is 109 Å². The normalized spacial score (nSPS) is 18.5. The number of carboxylic acids is 1. The van der Waals surface area contributed by atoms with Crippen molar-refractivity contribution in [2.75, 3.05) is 13.2 Å². The molecule has 0 radical (unpaired) electrons. The van der Waals surface area contributed by atoms with E-state index in [1.165, 1.54) is 77.0 Å². The second kappa shape index (κ2) is 55.9. The van der Waals surface area contributed by atoms with Crippen molar-refractivity contribution >= 4 is 23.9 Å². The van der Waals surface area contributed by atoms with Crippen molar-refractivity contribution in [3.63, 3.8) is 0 Å². The summed E-state index contributed by atoms with van der Waals surface area (Å²) in [6.07, 6.45) is 63.5. The van der Waals surface area contributed by atoms with Crippen molar-refractivity contribution in [1.82, 2.24) is 0 Å². The third kappa shape index (κ3) is 45.6. The van der Waals surface area contributed by atoms with Crippen molar-refractivity contribution in [3.8, 4) is 0 Å². The maximum absolute atomic E-state index is 13.2. The predicted molar refractivity (Wildman–Crippen MR) is 330 cm³/mol. The number of carbonyl (C=O) groups is 4. The molecule has 0 saturated carbocycles. The van der Waals surface area contributed by atoms with E-state index in [0.29, 0.717) is 19.3 Å². The fraction of sp³-hybridized carbons (Fsp3) is 0.681. The molecule has 0 aromatic rings. The fourth-order valence-corrected chi connectivity index (χ4v) is 9.06. The summed E-state index contributed by atoms with van der Waals surface area (Å²) in [6, 6.07) is 0. The van der Waals surface area contributed by atoms with Gasteiger partial charge in [0, 0.05) is 19.3 Å². The minimum Gasteiger partial charge on any atom is -0.479 e. The molecule has 1 heterocycles. The van der Waals surface area contributed by atoms with Crippen LogP contribution >= 0.6 is 0 Å². The van der Waals surface area contributed by atoms with Crippen LogP contribution in [0.2, 0.25) is 0 Å². The van der Waals surface area contributed by atoms with Crippen LogP contribution in [0.1, 0.15) is 252 Å². The van der Waals surface area contributed by atoms with Crippen LogP contribution in [-0.4, -0.2) is 89.2 Å². The number of carbonyl (C=O) groups excluding carboxylic acids is 3. The lowest BCUT2D eigenvalue weighted by Gasteiger charge is -2.40. The van der Waals surface area contributed by atoms with Gasteiger partial charge >= 0.3 is 23.9 Å². The van der Waals surface area contributed by atoms with Crippen LogP contribution in [0.5, 0.6) is 0 Å². The Hall–Kier alpha value is -4.62. The van der Waals surface area contributed by atoms with E-state index >= 15 is 0 Å². The predicted octanol–water partition coefficient (Wildman–Crippen LogP) is 17.0. The van der Waals surface area contributed by atoms with Gasteiger partial charge in [-0.25, -0.2) is 4.79 Å². The third-order valence-corrected chi connectivity index (χ3v) is 13.9. The molecule has 0 aliphatic carbocycles. The number of esters is 3. The maximum atomic E-state index is 13.2. The summed E-state index contributed by atoms with van der Waals surface area (Å²) in [4.78, 5) is 51.3. The lowest BCUT2D eigenvalue weighted by molar-refractivity contribution is -0.301. The van der Waals surface area contributed by atoms with Crippen LogP contribution in [0.15, 0.2) is 109 Å². The molecule has 1 saturated heterocycles. The number of ether oxygens (including phenoxy) is 5. The Balaban J connectivity index is 2.72. The number of aliphatic carboxylic acids is 1. The van der Waals surface area contributed by atoms with Crippen LogP contribution in [-0.2, 0) is 42.9 Å². The molecule has 0 spiro atoms. The summed E-state index contributed by atoms with van der Waals surface area (Å²) in [7, 11) is 0. The average Bonchev–Trinajstić information content (AvgIpc) is 3.53. The van der Waals surface area contributed by atoms with Crippen molar-refractivity contribution in [2.24, 2.45) is 0 Å². The summed E-state index contributed by atoms with van der Waals surface area (Å²) in [5, 5.41) is 31.6. The van der Waals surface area contributed by atoms with Gasteiger partial charge in [-0.1, -0.05) is 252 Å². The minimum absolute atomic E-state index is 0.0499. The fourth-order valence-electron chi connectivity index (χ4n) is 9.06. The molecule has 1 fully saturated rings.